The van der Waals surface area contributed by atoms with E-state index in [0.29, 0.717) is 31.3 Å². The van der Waals surface area contributed by atoms with Gasteiger partial charge in [0.05, 0.1) is 54.3 Å². The van der Waals surface area contributed by atoms with Crippen molar-refractivity contribution in [2.75, 3.05) is 14.2 Å². The second kappa shape index (κ2) is 20.7. The number of aliphatic hydroxyl groups is 2. The largest absolute Gasteiger partial charge is 0.462 e. The number of carbonyl (C=O) groups is 3. The zero-order chi connectivity index (χ0) is 47.8. The summed E-state index contributed by atoms with van der Waals surface area (Å²) in [5.41, 5.74) is -1.12. The summed E-state index contributed by atoms with van der Waals surface area (Å²) < 4.78 is 63.7. The van der Waals surface area contributed by atoms with Crippen LogP contribution in [-0.4, -0.2) is 139 Å². The zero-order valence-corrected chi connectivity index (χ0v) is 40.4. The van der Waals surface area contributed by atoms with Crippen molar-refractivity contribution in [1.82, 2.24) is 5.32 Å². The molecule has 6 aliphatic heterocycles. The zero-order valence-electron chi connectivity index (χ0n) is 40.4. The summed E-state index contributed by atoms with van der Waals surface area (Å²) >= 11 is 0. The molecule has 368 valence electrons. The molecule has 16 nitrogen and oxygen atoms in total. The fraction of sp³-hybridized carbons (Fsp3) is 0.740. The summed E-state index contributed by atoms with van der Waals surface area (Å²) in [6.07, 6.45) is 7.08. The SMILES string of the molecule is CC[C@H](C)[C@H]1O[C@]2(C=C[C@@H]1C)C[C@@H]1C[C@@H](CC=C(C)[C@@H](O[C@H]3C[C@@H](OC)[C@@H](O[C@H]4C[C@@H](OC)[C@@H](NC(C)=O)C(C)O4)C(C)O3)[C@@H](C)C=CC=C3C(=O)O[C@@H]4[C@H](O)C(C)=C[C@@H](C(=O)O1)[C@]34O)O2. The van der Waals surface area contributed by atoms with E-state index in [1.54, 1.807) is 27.2 Å². The van der Waals surface area contributed by atoms with Gasteiger partial charge < -0.3 is 62.9 Å². The summed E-state index contributed by atoms with van der Waals surface area (Å²) in [6.45, 7) is 17.3. The maximum atomic E-state index is 14.4. The van der Waals surface area contributed by atoms with Crippen LogP contribution in [0.25, 0.3) is 0 Å². The van der Waals surface area contributed by atoms with Gasteiger partial charge in [0.15, 0.2) is 30.1 Å². The van der Waals surface area contributed by atoms with Crippen molar-refractivity contribution in [1.29, 1.82) is 0 Å². The Balaban J connectivity index is 1.18. The maximum Gasteiger partial charge on any atom is 0.337 e. The first-order valence-electron chi connectivity index (χ1n) is 23.9. The molecule has 3 N–H and O–H groups in total. The number of ether oxygens (including phenoxy) is 10. The highest BCUT2D eigenvalue weighted by Crippen LogP contribution is 2.47. The third-order valence-corrected chi connectivity index (χ3v) is 14.8. The molecule has 7 aliphatic rings. The van der Waals surface area contributed by atoms with Gasteiger partial charge in [0.25, 0.3) is 0 Å². The molecule has 0 saturated carbocycles. The summed E-state index contributed by atoms with van der Waals surface area (Å²) in [7, 11) is 3.23. The monoisotopic (exact) mass is 927 g/mol. The molecule has 66 heavy (non-hydrogen) atoms. The minimum Gasteiger partial charge on any atom is -0.462 e. The summed E-state index contributed by atoms with van der Waals surface area (Å²) in [5.74, 6) is -4.25. The molecule has 2 bridgehead atoms. The molecule has 7 rings (SSSR count). The Morgan fingerprint density at radius 3 is 2.30 bits per heavy atom. The minimum atomic E-state index is -2.22. The van der Waals surface area contributed by atoms with Crippen LogP contribution in [0.15, 0.2) is 59.3 Å². The predicted octanol–water partition coefficient (Wildman–Crippen LogP) is 5.05. The minimum absolute atomic E-state index is 0.134. The van der Waals surface area contributed by atoms with Gasteiger partial charge in [0.2, 0.25) is 5.91 Å². The molecule has 20 atom stereocenters. The molecule has 0 radical (unpaired) electrons. The molecule has 1 spiro atoms. The van der Waals surface area contributed by atoms with Crippen LogP contribution >= 0.6 is 0 Å². The Hall–Kier alpha value is -3.29. The first-order chi connectivity index (χ1) is 31.3. The normalized spacial score (nSPS) is 44.6. The van der Waals surface area contributed by atoms with Gasteiger partial charge in [-0.3, -0.25) is 9.59 Å². The van der Waals surface area contributed by atoms with Crippen molar-refractivity contribution in [2.24, 2.45) is 23.7 Å². The van der Waals surface area contributed by atoms with E-state index in [4.69, 9.17) is 47.4 Å². The fourth-order valence-electron chi connectivity index (χ4n) is 10.9. The lowest BCUT2D eigenvalue weighted by Crippen LogP contribution is -2.58. The molecule has 1 amide bonds. The van der Waals surface area contributed by atoms with Gasteiger partial charge >= 0.3 is 11.9 Å². The van der Waals surface area contributed by atoms with Gasteiger partial charge in [0, 0.05) is 58.7 Å². The number of amides is 1. The number of fused-ring (bicyclic) bond motifs is 2. The van der Waals surface area contributed by atoms with Crippen molar-refractivity contribution in [3.8, 4) is 0 Å². The topological polar surface area (TPSA) is 196 Å². The summed E-state index contributed by atoms with van der Waals surface area (Å²) in [6, 6.07) is -0.333. The van der Waals surface area contributed by atoms with E-state index in [2.05, 4.69) is 38.2 Å². The highest BCUT2D eigenvalue weighted by atomic mass is 16.7. The second-order valence-corrected chi connectivity index (χ2v) is 19.7. The van der Waals surface area contributed by atoms with Gasteiger partial charge in [-0.05, 0) is 63.3 Å². The average Bonchev–Trinajstić information content (AvgIpc) is 3.53. The highest BCUT2D eigenvalue weighted by Gasteiger charge is 2.64. The van der Waals surface area contributed by atoms with Gasteiger partial charge in [-0.25, -0.2) is 4.79 Å². The Bertz CT molecular complexity index is 1930. The molecule has 1 aliphatic carbocycles. The first-order valence-corrected chi connectivity index (χ1v) is 23.9. The number of carbonyl (C=O) groups excluding carboxylic acids is 3. The van der Waals surface area contributed by atoms with Crippen LogP contribution in [0, 0.1) is 23.7 Å². The number of hydrogen-bond acceptors (Lipinski definition) is 15. The third-order valence-electron chi connectivity index (χ3n) is 14.8. The van der Waals surface area contributed by atoms with E-state index in [1.165, 1.54) is 19.1 Å². The number of allylic oxidation sites excluding steroid dienone is 2. The van der Waals surface area contributed by atoms with Crippen LogP contribution in [0.2, 0.25) is 0 Å². The molecule has 16 heteroatoms. The number of nitrogens with one attached hydrogen (secondary N) is 1. The van der Waals surface area contributed by atoms with E-state index in [0.717, 1.165) is 12.0 Å². The van der Waals surface area contributed by atoms with E-state index in [-0.39, 0.29) is 60.0 Å². The average molecular weight is 928 g/mol. The molecule has 0 aromatic carbocycles. The lowest BCUT2D eigenvalue weighted by molar-refractivity contribution is -0.311. The van der Waals surface area contributed by atoms with Gasteiger partial charge in [0.1, 0.15) is 24.2 Å². The number of methoxy groups -OCH3 is 2. The van der Waals surface area contributed by atoms with E-state index >= 15 is 0 Å². The third kappa shape index (κ3) is 10.3. The Labute approximate surface area is 389 Å². The van der Waals surface area contributed by atoms with Crippen LogP contribution in [0.3, 0.4) is 0 Å². The molecule has 4 saturated heterocycles. The van der Waals surface area contributed by atoms with Crippen molar-refractivity contribution in [3.05, 3.63) is 59.3 Å². The lowest BCUT2D eigenvalue weighted by atomic mass is 9.70. The quantitative estimate of drug-likeness (QED) is 0.205. The molecular formula is C50H73NO15. The van der Waals surface area contributed by atoms with Crippen molar-refractivity contribution in [2.45, 2.75) is 198 Å². The molecule has 4 fully saturated rings. The summed E-state index contributed by atoms with van der Waals surface area (Å²) in [5, 5.41) is 26.6. The van der Waals surface area contributed by atoms with Gasteiger partial charge in [-0.15, -0.1) is 0 Å². The van der Waals surface area contributed by atoms with E-state index in [1.807, 2.05) is 39.8 Å². The second-order valence-electron chi connectivity index (χ2n) is 19.7. The lowest BCUT2D eigenvalue weighted by Gasteiger charge is -2.48. The van der Waals surface area contributed by atoms with Crippen molar-refractivity contribution >= 4 is 17.8 Å². The number of aliphatic hydroxyl groups excluding tert-OH is 1. The van der Waals surface area contributed by atoms with Gasteiger partial charge in [-0.1, -0.05) is 64.5 Å². The summed E-state index contributed by atoms with van der Waals surface area (Å²) in [4.78, 5) is 39.8. The molecular weight excluding hydrogens is 855 g/mol. The Morgan fingerprint density at radius 2 is 1.61 bits per heavy atom. The van der Waals surface area contributed by atoms with Gasteiger partial charge in [-0.2, -0.15) is 0 Å². The van der Waals surface area contributed by atoms with Crippen molar-refractivity contribution in [3.63, 3.8) is 0 Å². The molecule has 6 heterocycles. The Kier molecular flexibility index (Phi) is 15.9. The molecule has 0 aromatic rings. The number of esters is 2. The molecule has 0 aromatic heterocycles. The highest BCUT2D eigenvalue weighted by molar-refractivity contribution is 5.97. The Morgan fingerprint density at radius 1 is 0.909 bits per heavy atom. The fourth-order valence-corrected chi connectivity index (χ4v) is 10.9. The van der Waals surface area contributed by atoms with Crippen LogP contribution in [0.4, 0.5) is 0 Å². The standard InChI is InChI=1S/C50H73NO15/c1-12-25(2)44-28(5)18-19-49(66-44)24-34-21-33(65-49)17-16-27(4)43(26(3)14-13-15-35-47(54)64-46-42(53)29(6)20-36(48(55)61-34)50(35,46)56)62-40-23-38(58-11)45(31(8)60-40)63-39-22-37(57-10)41(30(7)59-39)51-32(9)52/h13-16,18-20,25-26,28,30-31,33-34,36-46,53,56H,12,17,21-24H2,1-11H3,(H,51,52)/t25-,26-,28-,30?,31?,33+,34-,36-,37+,38+,39-,40-,41-,42+,43-,44+,45-,46+,49+,50+/m0/s1. The van der Waals surface area contributed by atoms with Crippen LogP contribution in [0.5, 0.6) is 0 Å². The smallest absolute Gasteiger partial charge is 0.337 e. The number of rotatable bonds is 9. The van der Waals surface area contributed by atoms with Crippen molar-refractivity contribution < 1.29 is 72.0 Å². The first kappa shape index (κ1) is 50.6. The van der Waals surface area contributed by atoms with E-state index < -0.39 is 90.7 Å². The van der Waals surface area contributed by atoms with Crippen LogP contribution in [-0.2, 0) is 61.8 Å². The predicted molar refractivity (Wildman–Crippen MR) is 239 cm³/mol. The van der Waals surface area contributed by atoms with Crippen LogP contribution < -0.4 is 5.32 Å². The van der Waals surface area contributed by atoms with E-state index in [9.17, 15) is 24.6 Å². The van der Waals surface area contributed by atoms with Crippen LogP contribution in [0.1, 0.15) is 101 Å². The number of hydrogen-bond donors (Lipinski definition) is 3. The maximum absolute atomic E-state index is 14.4. The molecule has 2 unspecified atom stereocenters.